The highest BCUT2D eigenvalue weighted by Gasteiger charge is 2.74. The van der Waals surface area contributed by atoms with Gasteiger partial charge >= 0.3 is 0 Å². The number of Topliss-reactive ketones (excluding diaryl/α,β-unsaturated/α-hetero) is 1. The summed E-state index contributed by atoms with van der Waals surface area (Å²) < 4.78 is 35.0. The number of methoxy groups -OCH3 is 1. The molecular weight excluding hydrogens is 639 g/mol. The zero-order valence-corrected chi connectivity index (χ0v) is 29.8. The van der Waals surface area contributed by atoms with Gasteiger partial charge in [0.05, 0.1) is 16.6 Å². The number of sulfonamides is 1. The average Bonchev–Trinajstić information content (AvgIpc) is 3.77. The fourth-order valence-electron chi connectivity index (χ4n) is 10.8. The van der Waals surface area contributed by atoms with E-state index in [0.717, 1.165) is 41.0 Å². The minimum Gasteiger partial charge on any atom is -0.393 e. The number of hydrogen-bond donors (Lipinski definition) is 2. The van der Waals surface area contributed by atoms with E-state index in [4.69, 9.17) is 4.74 Å². The lowest BCUT2D eigenvalue weighted by molar-refractivity contribution is -0.173. The van der Waals surface area contributed by atoms with Gasteiger partial charge < -0.3 is 14.9 Å². The van der Waals surface area contributed by atoms with E-state index in [-0.39, 0.29) is 45.7 Å². The summed E-state index contributed by atoms with van der Waals surface area (Å²) in [6.07, 6.45) is 12.0. The van der Waals surface area contributed by atoms with Crippen LogP contribution in [0.1, 0.15) is 79.8 Å². The van der Waals surface area contributed by atoms with Crippen molar-refractivity contribution in [2.75, 3.05) is 26.8 Å². The number of aryl methyl sites for hydroxylation is 1. The van der Waals surface area contributed by atoms with Crippen molar-refractivity contribution in [2.45, 2.75) is 88.1 Å². The molecule has 2 heterocycles. The lowest BCUT2D eigenvalue weighted by Crippen LogP contribution is -2.67. The van der Waals surface area contributed by atoms with Crippen molar-refractivity contribution < 1.29 is 28.2 Å². The second-order valence-electron chi connectivity index (χ2n) is 15.2. The Bertz CT molecular complexity index is 1680. The Morgan fingerprint density at radius 1 is 1.07 bits per heavy atom. The largest absolute Gasteiger partial charge is 0.393 e. The van der Waals surface area contributed by atoms with Crippen LogP contribution in [0.25, 0.3) is 0 Å². The Balaban J connectivity index is 1.32. The molecule has 8 rings (SSSR count). The number of ketones is 1. The van der Waals surface area contributed by atoms with Crippen LogP contribution in [0, 0.1) is 40.4 Å². The number of carbonyl (C=O) groups excluding carboxylic acids is 1. The number of allylic oxidation sites excluding steroid dienone is 4. The summed E-state index contributed by atoms with van der Waals surface area (Å²) in [5, 5.41) is 25.5. The lowest BCUT2D eigenvalue weighted by atomic mass is 9.32. The Morgan fingerprint density at radius 2 is 1.80 bits per heavy atom. The van der Waals surface area contributed by atoms with Crippen molar-refractivity contribution in [3.05, 3.63) is 63.2 Å². The first-order chi connectivity index (χ1) is 21.8. The Morgan fingerprint density at radius 3 is 2.50 bits per heavy atom. The van der Waals surface area contributed by atoms with E-state index in [9.17, 15) is 23.4 Å². The zero-order chi connectivity index (χ0) is 32.8. The van der Waals surface area contributed by atoms with E-state index < -0.39 is 32.6 Å². The van der Waals surface area contributed by atoms with Gasteiger partial charge in [-0.2, -0.15) is 4.31 Å². The van der Waals surface area contributed by atoms with Gasteiger partial charge in [-0.25, -0.2) is 8.42 Å². The molecule has 8 unspecified atom stereocenters. The summed E-state index contributed by atoms with van der Waals surface area (Å²) in [6.45, 7) is 7.26. The van der Waals surface area contributed by atoms with Gasteiger partial charge in [-0.3, -0.25) is 4.79 Å². The van der Waals surface area contributed by atoms with Crippen LogP contribution < -0.4 is 0 Å². The van der Waals surface area contributed by atoms with Crippen molar-refractivity contribution in [3.8, 4) is 0 Å². The Labute approximate surface area is 281 Å². The van der Waals surface area contributed by atoms with Crippen molar-refractivity contribution in [3.63, 3.8) is 0 Å². The van der Waals surface area contributed by atoms with Gasteiger partial charge in [0, 0.05) is 53.5 Å². The summed E-state index contributed by atoms with van der Waals surface area (Å²) in [6, 6.07) is 7.32. The Hall–Kier alpha value is -1.66. The van der Waals surface area contributed by atoms with Crippen molar-refractivity contribution >= 4 is 38.5 Å². The molecule has 0 aliphatic heterocycles. The van der Waals surface area contributed by atoms with Crippen LogP contribution in [0.3, 0.4) is 0 Å². The molecule has 2 spiro atoms. The van der Waals surface area contributed by atoms with E-state index in [1.165, 1.54) is 27.0 Å². The predicted molar refractivity (Wildman–Crippen MR) is 182 cm³/mol. The van der Waals surface area contributed by atoms with Crippen LogP contribution in [0.4, 0.5) is 0 Å². The third-order valence-corrected chi connectivity index (χ3v) is 17.4. The number of thiophene rings is 2. The first-order valence-electron chi connectivity index (χ1n) is 16.7. The molecule has 7 nitrogen and oxygen atoms in total. The first-order valence-corrected chi connectivity index (χ1v) is 19.9. The molecule has 6 aliphatic carbocycles. The van der Waals surface area contributed by atoms with E-state index in [1.54, 1.807) is 24.6 Å². The quantitative estimate of drug-likeness (QED) is 0.166. The van der Waals surface area contributed by atoms with Crippen LogP contribution in [-0.4, -0.2) is 67.2 Å². The standard InChI is InChI=1S/C36H47NO6S3/c1-24-8-9-27(45-24)31(39)26-22-34-16-17-36(26)28(32(34,2)13-10-25(38)21-34)11-14-33(3)29(36)12-15-35(33,40)23-37(18-6-19-43-4)46(41,42)30-7-5-20-44-30/h5,7-9,16-17,20,22,25,28-29,38,40H,6,10-15,18-19,21,23H2,1-4H3. The SMILES string of the molecule is COCCCN(CC1(O)CCC2C34C=CC5(C=C3C(=O)c3ccc(C)s3)CC(O)CCC5(C)C4CCC21C)S(=O)(=O)c1cccs1. The highest BCUT2D eigenvalue weighted by Crippen LogP contribution is 2.78. The van der Waals surface area contributed by atoms with Crippen molar-refractivity contribution in [2.24, 2.45) is 33.5 Å². The minimum atomic E-state index is -3.82. The van der Waals surface area contributed by atoms with Gasteiger partial charge in [0.1, 0.15) is 4.21 Å². The number of rotatable bonds is 10. The fraction of sp³-hybridized carbons (Fsp3) is 0.639. The number of fused-ring (bicyclic) bond motifs is 1. The predicted octanol–water partition coefficient (Wildman–Crippen LogP) is 6.62. The number of nitrogens with zero attached hydrogens (tertiary/aromatic N) is 1. The van der Waals surface area contributed by atoms with Crippen molar-refractivity contribution in [1.29, 1.82) is 0 Å². The molecule has 2 bridgehead atoms. The second kappa shape index (κ2) is 11.2. The summed E-state index contributed by atoms with van der Waals surface area (Å²) in [5.41, 5.74) is -2.14. The molecule has 10 heteroatoms. The molecule has 2 N–H and O–H groups in total. The molecule has 46 heavy (non-hydrogen) atoms. The average molecular weight is 686 g/mol. The van der Waals surface area contributed by atoms with Gasteiger partial charge in [0.15, 0.2) is 5.78 Å². The maximum Gasteiger partial charge on any atom is 0.252 e. The highest BCUT2D eigenvalue weighted by atomic mass is 32.2. The fourth-order valence-corrected chi connectivity index (χ4v) is 14.3. The molecule has 2 aromatic heterocycles. The molecule has 0 aromatic carbocycles. The normalized spacial score (nSPS) is 39.6. The second-order valence-corrected chi connectivity index (χ2v) is 19.6. The van der Waals surface area contributed by atoms with E-state index >= 15 is 0 Å². The molecule has 3 fully saturated rings. The number of aliphatic hydroxyl groups excluding tert-OH is 1. The van der Waals surface area contributed by atoms with Gasteiger partial charge in [0.25, 0.3) is 10.0 Å². The van der Waals surface area contributed by atoms with E-state index in [2.05, 4.69) is 32.1 Å². The molecular formula is C36H47NO6S3. The van der Waals surface area contributed by atoms with Gasteiger partial charge in [-0.05, 0) is 99.1 Å². The van der Waals surface area contributed by atoms with Crippen LogP contribution in [0.5, 0.6) is 0 Å². The number of carbonyl (C=O) groups is 1. The first kappa shape index (κ1) is 32.9. The molecule has 6 aliphatic rings. The summed E-state index contributed by atoms with van der Waals surface area (Å²) in [4.78, 5) is 16.5. The smallest absolute Gasteiger partial charge is 0.252 e. The van der Waals surface area contributed by atoms with Gasteiger partial charge in [0.2, 0.25) is 0 Å². The van der Waals surface area contributed by atoms with E-state index in [0.29, 0.717) is 32.3 Å². The molecule has 3 saturated carbocycles. The topological polar surface area (TPSA) is 104 Å². The monoisotopic (exact) mass is 685 g/mol. The number of hydrogen-bond acceptors (Lipinski definition) is 8. The zero-order valence-electron chi connectivity index (χ0n) is 27.3. The van der Waals surface area contributed by atoms with Crippen molar-refractivity contribution in [1.82, 2.24) is 4.31 Å². The molecule has 2 aromatic rings. The van der Waals surface area contributed by atoms with Crippen LogP contribution in [-0.2, 0) is 14.8 Å². The van der Waals surface area contributed by atoms with Crippen LogP contribution in [0.2, 0.25) is 0 Å². The third kappa shape index (κ3) is 4.46. The molecule has 0 radical (unpaired) electrons. The van der Waals surface area contributed by atoms with E-state index in [1.807, 2.05) is 19.1 Å². The van der Waals surface area contributed by atoms with Crippen LogP contribution in [0.15, 0.2) is 57.7 Å². The lowest BCUT2D eigenvalue weighted by Gasteiger charge is -2.71. The number of aliphatic hydroxyl groups is 2. The summed E-state index contributed by atoms with van der Waals surface area (Å²) >= 11 is 2.73. The maximum atomic E-state index is 14.6. The van der Waals surface area contributed by atoms with Gasteiger partial charge in [-0.1, -0.05) is 38.1 Å². The number of ether oxygens (including phenoxy) is 1. The highest BCUT2D eigenvalue weighted by molar-refractivity contribution is 7.91. The maximum absolute atomic E-state index is 14.6. The van der Waals surface area contributed by atoms with Gasteiger partial charge in [-0.15, -0.1) is 22.7 Å². The Kier molecular flexibility index (Phi) is 7.99. The minimum absolute atomic E-state index is 0.0128. The molecule has 0 saturated heterocycles. The molecule has 0 amide bonds. The third-order valence-electron chi connectivity index (χ3n) is 13.2. The molecule has 250 valence electrons. The van der Waals surface area contributed by atoms with Crippen LogP contribution >= 0.6 is 22.7 Å². The summed E-state index contributed by atoms with van der Waals surface area (Å²) in [7, 11) is -2.21. The molecule has 8 atom stereocenters. The summed E-state index contributed by atoms with van der Waals surface area (Å²) in [5.74, 6) is 0.217.